The number of aromatic nitrogens is 1. The molecule has 0 radical (unpaired) electrons. The number of rotatable bonds is 3. The molecule has 3 rings (SSSR count). The van der Waals surface area contributed by atoms with Crippen LogP contribution in [0.5, 0.6) is 0 Å². The van der Waals surface area contributed by atoms with E-state index in [-0.39, 0.29) is 11.6 Å². The van der Waals surface area contributed by atoms with Crippen molar-refractivity contribution in [2.75, 3.05) is 31.5 Å². The number of urea groups is 1. The minimum absolute atomic E-state index is 0.0614. The number of nitrogens with one attached hydrogen (secondary N) is 1. The van der Waals surface area contributed by atoms with Gasteiger partial charge in [-0.15, -0.1) is 0 Å². The molecule has 2 fully saturated rings. The number of carboxylic acid groups (broad SMARTS) is 1. The lowest BCUT2D eigenvalue weighted by atomic mass is 10.2. The molecule has 0 aromatic carbocycles. The lowest BCUT2D eigenvalue weighted by molar-refractivity contribution is 0.0696. The summed E-state index contributed by atoms with van der Waals surface area (Å²) in [5, 5.41) is 11.6. The predicted molar refractivity (Wildman–Crippen MR) is 76.4 cm³/mol. The second-order valence-electron chi connectivity index (χ2n) is 5.45. The van der Waals surface area contributed by atoms with E-state index in [1.807, 2.05) is 0 Å². The van der Waals surface area contributed by atoms with E-state index in [0.29, 0.717) is 18.8 Å². The number of carbonyl (C=O) groups excluding carboxylic acids is 1. The second-order valence-corrected chi connectivity index (χ2v) is 5.45. The average Bonchev–Trinajstić information content (AvgIpc) is 3.32. The van der Waals surface area contributed by atoms with Crippen LogP contribution in [0.1, 0.15) is 23.2 Å². The van der Waals surface area contributed by atoms with Crippen LogP contribution in [0.15, 0.2) is 18.5 Å². The molecule has 112 valence electrons. The summed E-state index contributed by atoms with van der Waals surface area (Å²) in [5.41, 5.74) is 0.468. The minimum atomic E-state index is -1.06. The quantitative estimate of drug-likeness (QED) is 0.870. The van der Waals surface area contributed by atoms with Crippen molar-refractivity contribution in [3.8, 4) is 0 Å². The molecular weight excluding hydrogens is 272 g/mol. The molecule has 2 heterocycles. The first-order valence-corrected chi connectivity index (χ1v) is 7.12. The highest BCUT2D eigenvalue weighted by atomic mass is 16.4. The maximum atomic E-state index is 12.2. The molecule has 7 heteroatoms. The van der Waals surface area contributed by atoms with Crippen LogP contribution < -0.4 is 5.32 Å². The molecule has 0 spiro atoms. The summed E-state index contributed by atoms with van der Waals surface area (Å²) in [5.74, 6) is -1.06. The number of nitrogens with zero attached hydrogens (tertiary/aromatic N) is 3. The van der Waals surface area contributed by atoms with Gasteiger partial charge in [0, 0.05) is 38.4 Å². The molecule has 0 unspecified atom stereocenters. The number of aromatic carboxylic acids is 1. The van der Waals surface area contributed by atoms with E-state index in [2.05, 4.69) is 15.2 Å². The summed E-state index contributed by atoms with van der Waals surface area (Å²) >= 11 is 0. The minimum Gasteiger partial charge on any atom is -0.478 e. The lowest BCUT2D eigenvalue weighted by Gasteiger charge is -2.34. The van der Waals surface area contributed by atoms with E-state index < -0.39 is 5.97 Å². The molecule has 0 atom stereocenters. The van der Waals surface area contributed by atoms with E-state index in [1.165, 1.54) is 31.3 Å². The van der Waals surface area contributed by atoms with Gasteiger partial charge in [-0.25, -0.2) is 9.59 Å². The molecule has 0 bridgehead atoms. The summed E-state index contributed by atoms with van der Waals surface area (Å²) in [7, 11) is 0. The summed E-state index contributed by atoms with van der Waals surface area (Å²) in [6, 6.07) is 1.94. The molecule has 21 heavy (non-hydrogen) atoms. The van der Waals surface area contributed by atoms with Gasteiger partial charge in [0.1, 0.15) is 0 Å². The highest BCUT2D eigenvalue weighted by molar-refractivity contribution is 5.92. The number of amides is 2. The Morgan fingerprint density at radius 1 is 1.19 bits per heavy atom. The first-order valence-electron chi connectivity index (χ1n) is 7.12. The van der Waals surface area contributed by atoms with E-state index >= 15 is 0 Å². The molecule has 1 aliphatic heterocycles. The smallest absolute Gasteiger partial charge is 0.337 e. The molecule has 1 aliphatic carbocycles. The number of pyridine rings is 1. The van der Waals surface area contributed by atoms with E-state index in [9.17, 15) is 9.59 Å². The zero-order valence-electron chi connectivity index (χ0n) is 11.7. The van der Waals surface area contributed by atoms with Crippen LogP contribution in [0, 0.1) is 0 Å². The normalized spacial score (nSPS) is 19.3. The van der Waals surface area contributed by atoms with Gasteiger partial charge in [0.15, 0.2) is 0 Å². The number of hydrogen-bond donors (Lipinski definition) is 2. The standard InChI is InChI=1S/C14H18N4O3/c19-13(20)10-7-11(9-15-8-10)16-14(21)18-5-3-17(4-6-18)12-1-2-12/h7-9,12H,1-6H2,(H,16,21)(H,19,20). The van der Waals surface area contributed by atoms with Gasteiger partial charge in [0.05, 0.1) is 17.4 Å². The Balaban J connectivity index is 1.56. The number of hydrogen-bond acceptors (Lipinski definition) is 4. The van der Waals surface area contributed by atoms with Gasteiger partial charge >= 0.3 is 12.0 Å². The highest BCUT2D eigenvalue weighted by Gasteiger charge is 2.32. The third-order valence-corrected chi connectivity index (χ3v) is 3.90. The lowest BCUT2D eigenvalue weighted by Crippen LogP contribution is -2.50. The molecule has 2 amide bonds. The maximum Gasteiger partial charge on any atom is 0.337 e. The van der Waals surface area contributed by atoms with Crippen molar-refractivity contribution in [3.05, 3.63) is 24.0 Å². The summed E-state index contributed by atoms with van der Waals surface area (Å²) in [4.78, 5) is 31.0. The van der Waals surface area contributed by atoms with Crippen LogP contribution in [0.25, 0.3) is 0 Å². The van der Waals surface area contributed by atoms with Crippen LogP contribution in [0.2, 0.25) is 0 Å². The van der Waals surface area contributed by atoms with Crippen LogP contribution in [0.3, 0.4) is 0 Å². The fourth-order valence-electron chi connectivity index (χ4n) is 2.56. The van der Waals surface area contributed by atoms with Crippen molar-refractivity contribution in [3.63, 3.8) is 0 Å². The fourth-order valence-corrected chi connectivity index (χ4v) is 2.56. The van der Waals surface area contributed by atoms with Gasteiger partial charge in [-0.1, -0.05) is 0 Å². The molecule has 2 N–H and O–H groups in total. The van der Waals surface area contributed by atoms with Crippen molar-refractivity contribution >= 4 is 17.7 Å². The Morgan fingerprint density at radius 3 is 2.52 bits per heavy atom. The molecule has 1 aromatic heterocycles. The maximum absolute atomic E-state index is 12.2. The number of piperazine rings is 1. The van der Waals surface area contributed by atoms with Crippen molar-refractivity contribution < 1.29 is 14.7 Å². The Kier molecular flexibility index (Phi) is 3.74. The van der Waals surface area contributed by atoms with Gasteiger partial charge in [-0.3, -0.25) is 9.88 Å². The Morgan fingerprint density at radius 2 is 1.90 bits per heavy atom. The third kappa shape index (κ3) is 3.30. The molecule has 2 aliphatic rings. The molecule has 1 saturated heterocycles. The Bertz CT molecular complexity index is 551. The monoisotopic (exact) mass is 290 g/mol. The predicted octanol–water partition coefficient (Wildman–Crippen LogP) is 1.09. The summed E-state index contributed by atoms with van der Waals surface area (Å²) in [6.45, 7) is 3.22. The highest BCUT2D eigenvalue weighted by Crippen LogP contribution is 2.27. The number of anilines is 1. The SMILES string of the molecule is O=C(O)c1cncc(NC(=O)N2CCN(C3CC3)CC2)c1. The van der Waals surface area contributed by atoms with Gasteiger partial charge < -0.3 is 15.3 Å². The first kappa shape index (κ1) is 13.8. The van der Waals surface area contributed by atoms with Gasteiger partial charge in [0.2, 0.25) is 0 Å². The van der Waals surface area contributed by atoms with Crippen LogP contribution in [-0.4, -0.2) is 64.1 Å². The van der Waals surface area contributed by atoms with E-state index in [1.54, 1.807) is 4.90 Å². The van der Waals surface area contributed by atoms with Crippen molar-refractivity contribution in [2.24, 2.45) is 0 Å². The number of carbonyl (C=O) groups is 2. The van der Waals surface area contributed by atoms with Crippen molar-refractivity contribution in [1.82, 2.24) is 14.8 Å². The topological polar surface area (TPSA) is 85.8 Å². The van der Waals surface area contributed by atoms with Gasteiger partial charge in [0.25, 0.3) is 0 Å². The largest absolute Gasteiger partial charge is 0.478 e. The van der Waals surface area contributed by atoms with E-state index in [0.717, 1.165) is 19.1 Å². The molecule has 1 aromatic rings. The average molecular weight is 290 g/mol. The van der Waals surface area contributed by atoms with Crippen molar-refractivity contribution in [1.29, 1.82) is 0 Å². The van der Waals surface area contributed by atoms with Gasteiger partial charge in [-0.05, 0) is 18.9 Å². The van der Waals surface area contributed by atoms with Gasteiger partial charge in [-0.2, -0.15) is 0 Å². The zero-order chi connectivity index (χ0) is 14.8. The summed E-state index contributed by atoms with van der Waals surface area (Å²) < 4.78 is 0. The second kappa shape index (κ2) is 5.69. The Labute approximate surface area is 122 Å². The first-order chi connectivity index (χ1) is 10.1. The van der Waals surface area contributed by atoms with Crippen LogP contribution in [0.4, 0.5) is 10.5 Å². The molecular formula is C14H18N4O3. The van der Waals surface area contributed by atoms with Crippen LogP contribution in [-0.2, 0) is 0 Å². The molecule has 7 nitrogen and oxygen atoms in total. The van der Waals surface area contributed by atoms with Crippen LogP contribution >= 0.6 is 0 Å². The fraction of sp³-hybridized carbons (Fsp3) is 0.500. The van der Waals surface area contributed by atoms with Crippen molar-refractivity contribution in [2.45, 2.75) is 18.9 Å². The molecule has 1 saturated carbocycles. The van der Waals surface area contributed by atoms with E-state index in [4.69, 9.17) is 5.11 Å². The zero-order valence-corrected chi connectivity index (χ0v) is 11.7. The Hall–Kier alpha value is -2.15. The third-order valence-electron chi connectivity index (χ3n) is 3.90. The summed E-state index contributed by atoms with van der Waals surface area (Å²) in [6.07, 6.45) is 5.26. The number of carboxylic acids is 1.